The number of ether oxygens (including phenoxy) is 1. The Hall–Kier alpha value is -3.97. The molecule has 0 saturated heterocycles. The van der Waals surface area contributed by atoms with E-state index in [0.29, 0.717) is 34.3 Å². The van der Waals surface area contributed by atoms with Crippen molar-refractivity contribution in [2.75, 3.05) is 7.11 Å². The van der Waals surface area contributed by atoms with E-state index in [-0.39, 0.29) is 11.5 Å². The lowest BCUT2D eigenvalue weighted by Gasteiger charge is -2.09. The van der Waals surface area contributed by atoms with Crippen LogP contribution in [0.15, 0.2) is 71.6 Å². The van der Waals surface area contributed by atoms with Crippen LogP contribution in [-0.4, -0.2) is 32.6 Å². The van der Waals surface area contributed by atoms with Crippen molar-refractivity contribution < 1.29 is 14.1 Å². The molecule has 0 aliphatic rings. The van der Waals surface area contributed by atoms with Gasteiger partial charge in [0.2, 0.25) is 11.5 Å². The van der Waals surface area contributed by atoms with Gasteiger partial charge in [0, 0.05) is 40.4 Å². The SMILES string of the molecule is COc1ccc2c(c1)c(C(=O)c1cc(-c3ccncn3)no1)c(C)n2Cc1ccc(Cl)cc1. The summed E-state index contributed by atoms with van der Waals surface area (Å²) >= 11 is 6.04. The number of carbonyl (C=O) groups is 1. The lowest BCUT2D eigenvalue weighted by Crippen LogP contribution is -2.05. The summed E-state index contributed by atoms with van der Waals surface area (Å²) in [6, 6.07) is 16.7. The van der Waals surface area contributed by atoms with Crippen molar-refractivity contribution in [3.8, 4) is 17.1 Å². The number of hydrogen-bond acceptors (Lipinski definition) is 6. The topological polar surface area (TPSA) is 83.0 Å². The fourth-order valence-corrected chi connectivity index (χ4v) is 4.05. The minimum atomic E-state index is -0.256. The first-order valence-corrected chi connectivity index (χ1v) is 10.6. The molecule has 33 heavy (non-hydrogen) atoms. The van der Waals surface area contributed by atoms with Gasteiger partial charge in [0.05, 0.1) is 18.4 Å². The van der Waals surface area contributed by atoms with Crippen LogP contribution in [0.1, 0.15) is 27.4 Å². The fraction of sp³-hybridized carbons (Fsp3) is 0.120. The van der Waals surface area contributed by atoms with Gasteiger partial charge in [0.25, 0.3) is 0 Å². The van der Waals surface area contributed by atoms with Gasteiger partial charge in [0.15, 0.2) is 0 Å². The number of hydrogen-bond donors (Lipinski definition) is 0. The second kappa shape index (κ2) is 8.52. The molecule has 2 aromatic carbocycles. The third-order valence-electron chi connectivity index (χ3n) is 5.59. The molecule has 0 saturated carbocycles. The van der Waals surface area contributed by atoms with Crippen LogP contribution < -0.4 is 4.74 Å². The number of nitrogens with zero attached hydrogens (tertiary/aromatic N) is 4. The van der Waals surface area contributed by atoms with Crippen molar-refractivity contribution in [3.63, 3.8) is 0 Å². The molecular weight excluding hydrogens is 440 g/mol. The maximum absolute atomic E-state index is 13.6. The minimum Gasteiger partial charge on any atom is -0.497 e. The maximum Gasteiger partial charge on any atom is 0.233 e. The molecule has 3 aromatic heterocycles. The van der Waals surface area contributed by atoms with Crippen LogP contribution in [0.25, 0.3) is 22.3 Å². The lowest BCUT2D eigenvalue weighted by atomic mass is 10.0. The molecule has 164 valence electrons. The van der Waals surface area contributed by atoms with Gasteiger partial charge >= 0.3 is 0 Å². The highest BCUT2D eigenvalue weighted by Crippen LogP contribution is 2.32. The molecule has 0 aliphatic heterocycles. The zero-order valence-corrected chi connectivity index (χ0v) is 18.7. The first kappa shape index (κ1) is 20.9. The first-order chi connectivity index (χ1) is 16.0. The highest BCUT2D eigenvalue weighted by molar-refractivity contribution is 6.30. The normalized spacial score (nSPS) is 11.1. The summed E-state index contributed by atoms with van der Waals surface area (Å²) in [5.74, 6) is 0.549. The lowest BCUT2D eigenvalue weighted by molar-refractivity contribution is 0.100. The molecule has 5 rings (SSSR count). The van der Waals surface area contributed by atoms with E-state index < -0.39 is 0 Å². The Balaban J connectivity index is 1.61. The molecular formula is C25H19ClN4O3. The molecule has 0 fully saturated rings. The fourth-order valence-electron chi connectivity index (χ4n) is 3.92. The molecule has 0 unspecified atom stereocenters. The van der Waals surface area contributed by atoms with Crippen LogP contribution in [0, 0.1) is 6.92 Å². The van der Waals surface area contributed by atoms with Crippen molar-refractivity contribution >= 4 is 28.3 Å². The zero-order valence-electron chi connectivity index (χ0n) is 17.9. The van der Waals surface area contributed by atoms with E-state index in [1.54, 1.807) is 25.4 Å². The van der Waals surface area contributed by atoms with E-state index in [9.17, 15) is 4.79 Å². The number of halogens is 1. The van der Waals surface area contributed by atoms with Crippen LogP contribution in [0.4, 0.5) is 0 Å². The molecule has 8 heteroatoms. The molecule has 7 nitrogen and oxygen atoms in total. The van der Waals surface area contributed by atoms with Gasteiger partial charge < -0.3 is 13.8 Å². The van der Waals surface area contributed by atoms with E-state index in [4.69, 9.17) is 20.9 Å². The summed E-state index contributed by atoms with van der Waals surface area (Å²) in [5, 5.41) is 5.49. The number of aromatic nitrogens is 4. The molecule has 0 atom stereocenters. The average Bonchev–Trinajstić information content (AvgIpc) is 3.44. The smallest absolute Gasteiger partial charge is 0.233 e. The van der Waals surface area contributed by atoms with Crippen molar-refractivity contribution in [3.05, 3.63) is 94.7 Å². The molecule has 0 bridgehead atoms. The van der Waals surface area contributed by atoms with Crippen molar-refractivity contribution in [1.29, 1.82) is 0 Å². The van der Waals surface area contributed by atoms with Gasteiger partial charge in [-0.2, -0.15) is 0 Å². The number of carbonyl (C=O) groups excluding carboxylic acids is 1. The number of rotatable bonds is 6. The quantitative estimate of drug-likeness (QED) is 0.319. The molecule has 3 heterocycles. The minimum absolute atomic E-state index is 0.139. The van der Waals surface area contributed by atoms with Crippen molar-refractivity contribution in [2.45, 2.75) is 13.5 Å². The predicted octanol–water partition coefficient (Wildman–Crippen LogP) is 5.34. The number of ketones is 1. The average molecular weight is 459 g/mol. The highest BCUT2D eigenvalue weighted by atomic mass is 35.5. The molecule has 0 N–H and O–H groups in total. The summed E-state index contributed by atoms with van der Waals surface area (Å²) in [6.07, 6.45) is 3.03. The predicted molar refractivity (Wildman–Crippen MR) is 125 cm³/mol. The van der Waals surface area contributed by atoms with E-state index in [0.717, 1.165) is 22.2 Å². The highest BCUT2D eigenvalue weighted by Gasteiger charge is 2.25. The Morgan fingerprint density at radius 1 is 1.09 bits per heavy atom. The molecule has 0 radical (unpaired) electrons. The number of methoxy groups -OCH3 is 1. The summed E-state index contributed by atoms with van der Waals surface area (Å²) < 4.78 is 12.9. The van der Waals surface area contributed by atoms with Gasteiger partial charge in [-0.3, -0.25) is 4.79 Å². The van der Waals surface area contributed by atoms with Crippen molar-refractivity contribution in [2.24, 2.45) is 0 Å². The molecule has 0 amide bonds. The van der Waals surface area contributed by atoms with Gasteiger partial charge in [-0.1, -0.05) is 28.9 Å². The monoisotopic (exact) mass is 458 g/mol. The standard InChI is InChI=1S/C25H19ClN4O3/c1-15-24(25(31)23-12-21(29-33-23)20-9-10-27-14-28-20)19-11-18(32-2)7-8-22(19)30(15)13-16-3-5-17(26)6-4-16/h3-12,14H,13H2,1-2H3. The van der Waals surface area contributed by atoms with Gasteiger partial charge in [-0.25, -0.2) is 9.97 Å². The van der Waals surface area contributed by atoms with E-state index in [1.807, 2.05) is 49.4 Å². The Morgan fingerprint density at radius 3 is 2.64 bits per heavy atom. The van der Waals surface area contributed by atoms with Crippen LogP contribution in [0.2, 0.25) is 5.02 Å². The largest absolute Gasteiger partial charge is 0.497 e. The third-order valence-corrected chi connectivity index (χ3v) is 5.84. The van der Waals surface area contributed by atoms with Gasteiger partial charge in [-0.15, -0.1) is 0 Å². The van der Waals surface area contributed by atoms with Crippen LogP contribution >= 0.6 is 11.6 Å². The molecule has 0 aliphatic carbocycles. The molecule has 0 spiro atoms. The first-order valence-electron chi connectivity index (χ1n) is 10.2. The Labute approximate surface area is 194 Å². The summed E-state index contributed by atoms with van der Waals surface area (Å²) in [5.41, 5.74) is 4.40. The zero-order chi connectivity index (χ0) is 22.9. The number of fused-ring (bicyclic) bond motifs is 1. The van der Waals surface area contributed by atoms with Crippen LogP contribution in [-0.2, 0) is 6.54 Å². The van der Waals surface area contributed by atoms with E-state index >= 15 is 0 Å². The van der Waals surface area contributed by atoms with E-state index in [1.165, 1.54) is 6.33 Å². The second-order valence-corrected chi connectivity index (χ2v) is 7.99. The Kier molecular flexibility index (Phi) is 5.40. The summed E-state index contributed by atoms with van der Waals surface area (Å²) in [7, 11) is 1.60. The maximum atomic E-state index is 13.6. The van der Waals surface area contributed by atoms with Gasteiger partial charge in [-0.05, 0) is 48.9 Å². The second-order valence-electron chi connectivity index (χ2n) is 7.56. The summed E-state index contributed by atoms with van der Waals surface area (Å²) in [6.45, 7) is 2.51. The third kappa shape index (κ3) is 3.87. The van der Waals surface area contributed by atoms with Crippen LogP contribution in [0.5, 0.6) is 5.75 Å². The number of benzene rings is 2. The Bertz CT molecular complexity index is 1460. The Morgan fingerprint density at radius 2 is 1.91 bits per heavy atom. The van der Waals surface area contributed by atoms with Crippen molar-refractivity contribution in [1.82, 2.24) is 19.7 Å². The van der Waals surface area contributed by atoms with E-state index in [2.05, 4.69) is 19.7 Å². The molecule has 5 aromatic rings. The van der Waals surface area contributed by atoms with Crippen LogP contribution in [0.3, 0.4) is 0 Å². The summed E-state index contributed by atoms with van der Waals surface area (Å²) in [4.78, 5) is 21.7. The van der Waals surface area contributed by atoms with Gasteiger partial charge in [0.1, 0.15) is 17.8 Å².